The molecule has 90 valence electrons. The molecule has 3 rings (SSSR count). The molecule has 0 saturated carbocycles. The fourth-order valence-electron chi connectivity index (χ4n) is 1.99. The Morgan fingerprint density at radius 1 is 1.17 bits per heavy atom. The van der Waals surface area contributed by atoms with Crippen molar-refractivity contribution in [2.24, 2.45) is 5.73 Å². The number of thioether (sulfide) groups is 1. The zero-order valence-electron chi connectivity index (χ0n) is 9.59. The summed E-state index contributed by atoms with van der Waals surface area (Å²) in [6, 6.07) is 16.4. The van der Waals surface area contributed by atoms with Crippen molar-refractivity contribution in [1.82, 2.24) is 0 Å². The van der Waals surface area contributed by atoms with Gasteiger partial charge in [-0.15, -0.1) is 0 Å². The van der Waals surface area contributed by atoms with E-state index in [1.54, 1.807) is 0 Å². The van der Waals surface area contributed by atoms with Crippen LogP contribution in [0.5, 0.6) is 0 Å². The van der Waals surface area contributed by atoms with Gasteiger partial charge in [-0.1, -0.05) is 54.3 Å². The number of nitrogens with two attached hydrogens (primary N) is 1. The summed E-state index contributed by atoms with van der Waals surface area (Å²) in [4.78, 5) is 1.72. The topological polar surface area (TPSA) is 38.0 Å². The third kappa shape index (κ3) is 2.09. The Bertz CT molecular complexity index is 585. The van der Waals surface area contributed by atoms with Gasteiger partial charge in [0.2, 0.25) is 0 Å². The lowest BCUT2D eigenvalue weighted by atomic mass is 10.1. The van der Waals surface area contributed by atoms with Gasteiger partial charge in [-0.05, 0) is 23.8 Å². The second-order valence-electron chi connectivity index (χ2n) is 4.13. The number of thiocarbonyl (C=S) groups is 1. The molecule has 0 bridgehead atoms. The van der Waals surface area contributed by atoms with Crippen LogP contribution < -0.4 is 11.1 Å². The lowest BCUT2D eigenvalue weighted by Gasteiger charge is -2.11. The Morgan fingerprint density at radius 3 is 2.78 bits per heavy atom. The summed E-state index contributed by atoms with van der Waals surface area (Å²) < 4.78 is 0. The third-order valence-corrected chi connectivity index (χ3v) is 4.36. The molecule has 1 aliphatic heterocycles. The van der Waals surface area contributed by atoms with E-state index in [-0.39, 0.29) is 5.37 Å². The van der Waals surface area contributed by atoms with Crippen molar-refractivity contribution in [3.05, 3.63) is 59.7 Å². The van der Waals surface area contributed by atoms with Gasteiger partial charge in [-0.25, -0.2) is 0 Å². The van der Waals surface area contributed by atoms with Gasteiger partial charge in [0, 0.05) is 16.1 Å². The highest BCUT2D eigenvalue weighted by Crippen LogP contribution is 2.46. The van der Waals surface area contributed by atoms with E-state index in [4.69, 9.17) is 18.0 Å². The van der Waals surface area contributed by atoms with Crippen molar-refractivity contribution in [1.29, 1.82) is 0 Å². The highest BCUT2D eigenvalue weighted by Gasteiger charge is 2.22. The van der Waals surface area contributed by atoms with E-state index in [1.807, 2.05) is 30.0 Å². The van der Waals surface area contributed by atoms with E-state index in [9.17, 15) is 0 Å². The Balaban J connectivity index is 1.90. The number of fused-ring (bicyclic) bond motifs is 1. The van der Waals surface area contributed by atoms with Gasteiger partial charge < -0.3 is 11.1 Å². The first-order valence-electron chi connectivity index (χ1n) is 5.66. The summed E-state index contributed by atoms with van der Waals surface area (Å²) in [6.45, 7) is 0. The Kier molecular flexibility index (Phi) is 2.97. The normalized spacial score (nSPS) is 17.0. The molecule has 1 atom stereocenters. The Labute approximate surface area is 116 Å². The average Bonchev–Trinajstić information content (AvgIpc) is 2.82. The average molecular weight is 272 g/mol. The van der Waals surface area contributed by atoms with Crippen LogP contribution in [0.1, 0.15) is 16.5 Å². The van der Waals surface area contributed by atoms with Crippen molar-refractivity contribution in [3.63, 3.8) is 0 Å². The van der Waals surface area contributed by atoms with Crippen LogP contribution >= 0.6 is 24.0 Å². The summed E-state index contributed by atoms with van der Waals surface area (Å²) in [5.74, 6) is 0. The fraction of sp³-hybridized carbons (Fsp3) is 0.0714. The molecule has 1 aliphatic rings. The summed E-state index contributed by atoms with van der Waals surface area (Å²) in [7, 11) is 0. The van der Waals surface area contributed by atoms with Gasteiger partial charge >= 0.3 is 0 Å². The standard InChI is InChI=1S/C14H12N2S2/c15-13(17)9-4-3-5-10(8-9)14-16-11-6-1-2-7-12(11)18-14/h1-8,14,16H,(H2,15,17). The zero-order chi connectivity index (χ0) is 12.5. The number of hydrogen-bond acceptors (Lipinski definition) is 3. The number of benzene rings is 2. The Morgan fingerprint density at radius 2 is 2.00 bits per heavy atom. The highest BCUT2D eigenvalue weighted by molar-refractivity contribution is 8.00. The fourth-order valence-corrected chi connectivity index (χ4v) is 3.25. The maximum Gasteiger partial charge on any atom is 0.103 e. The van der Waals surface area contributed by atoms with Gasteiger partial charge in [-0.3, -0.25) is 0 Å². The molecule has 0 saturated heterocycles. The van der Waals surface area contributed by atoms with E-state index in [1.165, 1.54) is 16.1 Å². The molecule has 2 aromatic rings. The molecule has 1 unspecified atom stereocenters. The number of anilines is 1. The molecule has 3 N–H and O–H groups in total. The van der Waals surface area contributed by atoms with Crippen LogP contribution in [0, 0.1) is 0 Å². The van der Waals surface area contributed by atoms with Gasteiger partial charge in [0.05, 0.1) is 0 Å². The second kappa shape index (κ2) is 4.63. The summed E-state index contributed by atoms with van der Waals surface area (Å²) in [5.41, 5.74) is 8.97. The van der Waals surface area contributed by atoms with Crippen LogP contribution in [0.15, 0.2) is 53.4 Å². The van der Waals surface area contributed by atoms with Crippen LogP contribution in [-0.4, -0.2) is 4.99 Å². The van der Waals surface area contributed by atoms with E-state index in [0.717, 1.165) is 5.56 Å². The van der Waals surface area contributed by atoms with Gasteiger partial charge in [0.15, 0.2) is 0 Å². The smallest absolute Gasteiger partial charge is 0.103 e. The molecular weight excluding hydrogens is 260 g/mol. The quantitative estimate of drug-likeness (QED) is 0.820. The highest BCUT2D eigenvalue weighted by atomic mass is 32.2. The molecule has 0 aromatic heterocycles. The molecule has 0 radical (unpaired) electrons. The van der Waals surface area contributed by atoms with E-state index in [0.29, 0.717) is 4.99 Å². The summed E-state index contributed by atoms with van der Waals surface area (Å²) in [5, 5.41) is 3.73. The SMILES string of the molecule is NC(=S)c1cccc(C2Nc3ccccc3S2)c1. The minimum atomic E-state index is 0.233. The third-order valence-electron chi connectivity index (χ3n) is 2.89. The number of hydrogen-bond donors (Lipinski definition) is 2. The first-order valence-corrected chi connectivity index (χ1v) is 6.95. The Hall–Kier alpha value is -1.52. The van der Waals surface area contributed by atoms with Gasteiger partial charge in [0.25, 0.3) is 0 Å². The van der Waals surface area contributed by atoms with Crippen LogP contribution in [0.4, 0.5) is 5.69 Å². The first kappa shape index (κ1) is 11.6. The minimum absolute atomic E-state index is 0.233. The van der Waals surface area contributed by atoms with E-state index in [2.05, 4.69) is 35.6 Å². The maximum absolute atomic E-state index is 5.67. The molecule has 18 heavy (non-hydrogen) atoms. The predicted octanol–water partition coefficient (Wildman–Crippen LogP) is 3.54. The largest absolute Gasteiger partial charge is 0.389 e. The molecule has 0 fully saturated rings. The number of para-hydroxylation sites is 1. The van der Waals surface area contributed by atoms with E-state index < -0.39 is 0 Å². The van der Waals surface area contributed by atoms with Gasteiger partial charge in [0.1, 0.15) is 10.4 Å². The number of nitrogens with one attached hydrogen (secondary N) is 1. The molecule has 2 nitrogen and oxygen atoms in total. The molecule has 0 amide bonds. The van der Waals surface area contributed by atoms with Crippen molar-refractivity contribution in [3.8, 4) is 0 Å². The van der Waals surface area contributed by atoms with Crippen molar-refractivity contribution in [2.45, 2.75) is 10.3 Å². The minimum Gasteiger partial charge on any atom is -0.389 e. The maximum atomic E-state index is 5.67. The zero-order valence-corrected chi connectivity index (χ0v) is 11.2. The van der Waals surface area contributed by atoms with Gasteiger partial charge in [-0.2, -0.15) is 0 Å². The molecule has 0 spiro atoms. The van der Waals surface area contributed by atoms with Crippen LogP contribution in [-0.2, 0) is 0 Å². The number of rotatable bonds is 2. The second-order valence-corrected chi connectivity index (χ2v) is 5.71. The molecule has 4 heteroatoms. The lowest BCUT2D eigenvalue weighted by Crippen LogP contribution is -2.10. The predicted molar refractivity (Wildman–Crippen MR) is 81.0 cm³/mol. The molecule has 0 aliphatic carbocycles. The monoisotopic (exact) mass is 272 g/mol. The van der Waals surface area contributed by atoms with Crippen molar-refractivity contribution in [2.75, 3.05) is 5.32 Å². The summed E-state index contributed by atoms with van der Waals surface area (Å²) in [6.07, 6.45) is 0. The van der Waals surface area contributed by atoms with Crippen LogP contribution in [0.2, 0.25) is 0 Å². The molecule has 2 aromatic carbocycles. The van der Waals surface area contributed by atoms with Crippen LogP contribution in [0.3, 0.4) is 0 Å². The van der Waals surface area contributed by atoms with Crippen molar-refractivity contribution < 1.29 is 0 Å². The van der Waals surface area contributed by atoms with Crippen molar-refractivity contribution >= 4 is 34.7 Å². The van der Waals surface area contributed by atoms with E-state index >= 15 is 0 Å². The van der Waals surface area contributed by atoms with Crippen LogP contribution in [0.25, 0.3) is 0 Å². The molecule has 1 heterocycles. The first-order chi connectivity index (χ1) is 8.74. The lowest BCUT2D eigenvalue weighted by molar-refractivity contribution is 1.13. The molecular formula is C14H12N2S2. The summed E-state index contributed by atoms with van der Waals surface area (Å²) >= 11 is 6.83.